The third-order valence-electron chi connectivity index (χ3n) is 2.67. The maximum absolute atomic E-state index is 10.9. The molecule has 1 aromatic carbocycles. The smallest absolute Gasteiger partial charge is 0.148 e. The molecule has 1 N–H and O–H groups in total. The molecule has 1 aromatic rings. The fourth-order valence-corrected chi connectivity index (χ4v) is 2.17. The number of benzene rings is 1. The first-order valence-electron chi connectivity index (χ1n) is 6.58. The van der Waals surface area contributed by atoms with Crippen molar-refractivity contribution in [2.24, 2.45) is 0 Å². The van der Waals surface area contributed by atoms with Gasteiger partial charge in [0.25, 0.3) is 0 Å². The standard InChI is InChI=1S/C14H23NO3S/c1-19(16,17)13-10-15-9-12-18-11-5-8-14-6-3-2-4-7-14/h2-4,6-7,15H,5,8-13H2,1H3. The van der Waals surface area contributed by atoms with Crippen LogP contribution >= 0.6 is 0 Å². The van der Waals surface area contributed by atoms with Crippen LogP contribution in [0.4, 0.5) is 0 Å². The zero-order chi connectivity index (χ0) is 14.0. The van der Waals surface area contributed by atoms with Gasteiger partial charge in [-0.25, -0.2) is 8.42 Å². The molecule has 0 radical (unpaired) electrons. The van der Waals surface area contributed by atoms with E-state index in [-0.39, 0.29) is 5.75 Å². The Morgan fingerprint density at radius 2 is 1.84 bits per heavy atom. The lowest BCUT2D eigenvalue weighted by atomic mass is 10.1. The maximum Gasteiger partial charge on any atom is 0.148 e. The number of hydrogen-bond donors (Lipinski definition) is 1. The third-order valence-corrected chi connectivity index (χ3v) is 3.62. The zero-order valence-electron chi connectivity index (χ0n) is 11.5. The minimum absolute atomic E-state index is 0.182. The fourth-order valence-electron chi connectivity index (χ4n) is 1.65. The molecule has 0 fully saturated rings. The van der Waals surface area contributed by atoms with Gasteiger partial charge in [-0.3, -0.25) is 0 Å². The molecular weight excluding hydrogens is 262 g/mol. The first kappa shape index (κ1) is 16.1. The van der Waals surface area contributed by atoms with E-state index in [1.54, 1.807) is 0 Å². The lowest BCUT2D eigenvalue weighted by molar-refractivity contribution is 0.134. The Kier molecular flexibility index (Phi) is 7.70. The molecule has 0 unspecified atom stereocenters. The molecule has 4 nitrogen and oxygen atoms in total. The molecule has 108 valence electrons. The van der Waals surface area contributed by atoms with Crippen LogP contribution in [0.5, 0.6) is 0 Å². The van der Waals surface area contributed by atoms with E-state index >= 15 is 0 Å². The zero-order valence-corrected chi connectivity index (χ0v) is 12.3. The SMILES string of the molecule is CS(=O)(=O)CCNCCOCCCc1ccccc1. The van der Waals surface area contributed by atoms with Crippen molar-refractivity contribution < 1.29 is 13.2 Å². The van der Waals surface area contributed by atoms with Crippen molar-refractivity contribution in [1.82, 2.24) is 5.32 Å². The highest BCUT2D eigenvalue weighted by atomic mass is 32.2. The molecule has 0 amide bonds. The van der Waals surface area contributed by atoms with Gasteiger partial charge in [-0.15, -0.1) is 0 Å². The second-order valence-corrected chi connectivity index (χ2v) is 6.84. The van der Waals surface area contributed by atoms with E-state index in [1.165, 1.54) is 11.8 Å². The van der Waals surface area contributed by atoms with E-state index in [1.807, 2.05) is 18.2 Å². The molecular formula is C14H23NO3S. The summed E-state index contributed by atoms with van der Waals surface area (Å²) in [6.07, 6.45) is 3.28. The second-order valence-electron chi connectivity index (χ2n) is 4.58. The van der Waals surface area contributed by atoms with Crippen molar-refractivity contribution in [3.63, 3.8) is 0 Å². The predicted octanol–water partition coefficient (Wildman–Crippen LogP) is 1.27. The highest BCUT2D eigenvalue weighted by molar-refractivity contribution is 7.90. The first-order chi connectivity index (χ1) is 9.08. The highest BCUT2D eigenvalue weighted by Gasteiger charge is 2.00. The second kappa shape index (κ2) is 9.07. The highest BCUT2D eigenvalue weighted by Crippen LogP contribution is 2.01. The van der Waals surface area contributed by atoms with E-state index in [0.717, 1.165) is 19.4 Å². The third kappa shape index (κ3) is 9.64. The van der Waals surface area contributed by atoms with Gasteiger partial charge >= 0.3 is 0 Å². The molecule has 5 heteroatoms. The maximum atomic E-state index is 10.9. The van der Waals surface area contributed by atoms with Gasteiger partial charge in [0.2, 0.25) is 0 Å². The van der Waals surface area contributed by atoms with Gasteiger partial charge < -0.3 is 10.1 Å². The molecule has 0 aliphatic carbocycles. The number of nitrogens with one attached hydrogen (secondary N) is 1. The van der Waals surface area contributed by atoms with Gasteiger partial charge in [0, 0.05) is 26.0 Å². The normalized spacial score (nSPS) is 11.6. The molecule has 0 bridgehead atoms. The summed E-state index contributed by atoms with van der Waals surface area (Å²) in [5, 5.41) is 3.05. The number of hydrogen-bond acceptors (Lipinski definition) is 4. The van der Waals surface area contributed by atoms with Gasteiger partial charge in [0.15, 0.2) is 0 Å². The number of aryl methyl sites for hydroxylation is 1. The molecule has 0 aliphatic heterocycles. The summed E-state index contributed by atoms with van der Waals surface area (Å²) >= 11 is 0. The number of rotatable bonds is 10. The quantitative estimate of drug-likeness (QED) is 0.658. The van der Waals surface area contributed by atoms with E-state index in [4.69, 9.17) is 4.74 Å². The van der Waals surface area contributed by atoms with Crippen LogP contribution in [-0.4, -0.2) is 46.7 Å². The van der Waals surface area contributed by atoms with Crippen LogP contribution in [0.25, 0.3) is 0 Å². The first-order valence-corrected chi connectivity index (χ1v) is 8.64. The van der Waals surface area contributed by atoms with Crippen LogP contribution in [-0.2, 0) is 21.0 Å². The van der Waals surface area contributed by atoms with Crippen molar-refractivity contribution in [1.29, 1.82) is 0 Å². The summed E-state index contributed by atoms with van der Waals surface area (Å²) in [6, 6.07) is 10.3. The van der Waals surface area contributed by atoms with Crippen molar-refractivity contribution in [3.05, 3.63) is 35.9 Å². The van der Waals surface area contributed by atoms with Crippen molar-refractivity contribution in [2.75, 3.05) is 38.3 Å². The van der Waals surface area contributed by atoms with E-state index in [9.17, 15) is 8.42 Å². The molecule has 0 saturated carbocycles. The molecule has 0 atom stereocenters. The minimum atomic E-state index is -2.86. The molecule has 0 saturated heterocycles. The Balaban J connectivity index is 1.89. The van der Waals surface area contributed by atoms with Gasteiger partial charge in [0.1, 0.15) is 9.84 Å². The minimum Gasteiger partial charge on any atom is -0.380 e. The summed E-state index contributed by atoms with van der Waals surface area (Å²) in [5.41, 5.74) is 1.33. The summed E-state index contributed by atoms with van der Waals surface area (Å²) in [7, 11) is -2.86. The molecule has 0 heterocycles. The van der Waals surface area contributed by atoms with Crippen molar-refractivity contribution in [2.45, 2.75) is 12.8 Å². The van der Waals surface area contributed by atoms with Crippen LogP contribution in [0.2, 0.25) is 0 Å². The number of sulfone groups is 1. The van der Waals surface area contributed by atoms with Crippen molar-refractivity contribution in [3.8, 4) is 0 Å². The molecule has 0 aromatic heterocycles. The van der Waals surface area contributed by atoms with Crippen LogP contribution in [0, 0.1) is 0 Å². The van der Waals surface area contributed by atoms with E-state index < -0.39 is 9.84 Å². The molecule has 19 heavy (non-hydrogen) atoms. The van der Waals surface area contributed by atoms with E-state index in [2.05, 4.69) is 17.4 Å². The van der Waals surface area contributed by atoms with Crippen LogP contribution in [0.15, 0.2) is 30.3 Å². The predicted molar refractivity (Wildman–Crippen MR) is 78.2 cm³/mol. The van der Waals surface area contributed by atoms with E-state index in [0.29, 0.717) is 19.7 Å². The fraction of sp³-hybridized carbons (Fsp3) is 0.571. The Hall–Kier alpha value is -0.910. The summed E-state index contributed by atoms with van der Waals surface area (Å²) in [5.74, 6) is 0.182. The summed E-state index contributed by atoms with van der Waals surface area (Å²) in [4.78, 5) is 0. The Bertz CT molecular complexity index is 431. The van der Waals surface area contributed by atoms with Gasteiger partial charge in [-0.1, -0.05) is 30.3 Å². The average molecular weight is 285 g/mol. The topological polar surface area (TPSA) is 55.4 Å². The lowest BCUT2D eigenvalue weighted by Gasteiger charge is -2.06. The van der Waals surface area contributed by atoms with Crippen molar-refractivity contribution >= 4 is 9.84 Å². The van der Waals surface area contributed by atoms with Crippen LogP contribution in [0.1, 0.15) is 12.0 Å². The largest absolute Gasteiger partial charge is 0.380 e. The number of ether oxygens (including phenoxy) is 1. The molecule has 0 aliphatic rings. The monoisotopic (exact) mass is 285 g/mol. The lowest BCUT2D eigenvalue weighted by Crippen LogP contribution is -2.26. The van der Waals surface area contributed by atoms with Gasteiger partial charge in [-0.05, 0) is 18.4 Å². The Morgan fingerprint density at radius 3 is 2.53 bits per heavy atom. The van der Waals surface area contributed by atoms with Gasteiger partial charge in [-0.2, -0.15) is 0 Å². The summed E-state index contributed by atoms with van der Waals surface area (Å²) < 4.78 is 27.2. The summed E-state index contributed by atoms with van der Waals surface area (Å²) in [6.45, 7) is 2.55. The molecule has 1 rings (SSSR count). The van der Waals surface area contributed by atoms with Crippen LogP contribution in [0.3, 0.4) is 0 Å². The van der Waals surface area contributed by atoms with Gasteiger partial charge in [0.05, 0.1) is 12.4 Å². The Labute approximate surface area is 116 Å². The average Bonchev–Trinajstić information content (AvgIpc) is 2.37. The molecule has 0 spiro atoms. The van der Waals surface area contributed by atoms with Crippen LogP contribution < -0.4 is 5.32 Å². The Morgan fingerprint density at radius 1 is 1.11 bits per heavy atom.